The van der Waals surface area contributed by atoms with Crippen molar-refractivity contribution in [1.82, 2.24) is 9.80 Å². The molecule has 0 aromatic carbocycles. The molecule has 3 aliphatic rings. The molecular weight excluding hydrogens is 220 g/mol. The van der Waals surface area contributed by atoms with Gasteiger partial charge >= 0.3 is 0 Å². The summed E-state index contributed by atoms with van der Waals surface area (Å²) >= 11 is 0. The van der Waals surface area contributed by atoms with E-state index >= 15 is 0 Å². The predicted octanol–water partition coefficient (Wildman–Crippen LogP) is -0.349. The molecule has 3 rings (SSSR count). The van der Waals surface area contributed by atoms with Gasteiger partial charge in [-0.3, -0.25) is 14.5 Å². The summed E-state index contributed by atoms with van der Waals surface area (Å²) in [5.41, 5.74) is 0. The number of likely N-dealkylation sites (tertiary alicyclic amines) is 1. The van der Waals surface area contributed by atoms with Crippen molar-refractivity contribution in [2.45, 2.75) is 31.4 Å². The van der Waals surface area contributed by atoms with Gasteiger partial charge < -0.3 is 9.64 Å². The van der Waals surface area contributed by atoms with Crippen LogP contribution in [0.15, 0.2) is 0 Å². The number of amides is 1. The van der Waals surface area contributed by atoms with Gasteiger partial charge in [-0.05, 0) is 19.4 Å². The molecule has 94 valence electrons. The number of fused-ring (bicyclic) bond motifs is 1. The molecule has 0 aromatic heterocycles. The van der Waals surface area contributed by atoms with E-state index in [-0.39, 0.29) is 30.8 Å². The first-order chi connectivity index (χ1) is 8.22. The number of nitrogens with zero attached hydrogens (tertiary/aromatic N) is 2. The Morgan fingerprint density at radius 1 is 1.35 bits per heavy atom. The van der Waals surface area contributed by atoms with Gasteiger partial charge in [0.1, 0.15) is 0 Å². The highest BCUT2D eigenvalue weighted by Crippen LogP contribution is 2.23. The van der Waals surface area contributed by atoms with Crippen LogP contribution in [0.3, 0.4) is 0 Å². The Morgan fingerprint density at radius 3 is 3.00 bits per heavy atom. The third-order valence-electron chi connectivity index (χ3n) is 3.95. The number of hydrogen-bond donors (Lipinski definition) is 0. The topological polar surface area (TPSA) is 49.9 Å². The van der Waals surface area contributed by atoms with Crippen LogP contribution in [0, 0.1) is 0 Å². The van der Waals surface area contributed by atoms with Crippen LogP contribution in [0.25, 0.3) is 0 Å². The van der Waals surface area contributed by atoms with Gasteiger partial charge in [-0.2, -0.15) is 0 Å². The third kappa shape index (κ3) is 2.21. The Labute approximate surface area is 101 Å². The molecule has 0 aliphatic carbocycles. The maximum Gasteiger partial charge on any atom is 0.230 e. The highest BCUT2D eigenvalue weighted by atomic mass is 16.5. The number of carbonyl (C=O) groups is 2. The lowest BCUT2D eigenvalue weighted by molar-refractivity contribution is -0.131. The summed E-state index contributed by atoms with van der Waals surface area (Å²) in [4.78, 5) is 26.8. The van der Waals surface area contributed by atoms with Crippen molar-refractivity contribution in [3.05, 3.63) is 0 Å². The fourth-order valence-electron chi connectivity index (χ4n) is 3.05. The molecule has 0 radical (unpaired) electrons. The van der Waals surface area contributed by atoms with Crippen LogP contribution in [0.4, 0.5) is 0 Å². The van der Waals surface area contributed by atoms with E-state index in [2.05, 4.69) is 4.90 Å². The lowest BCUT2D eigenvalue weighted by Gasteiger charge is -2.36. The first-order valence-electron chi connectivity index (χ1n) is 6.37. The number of Topliss-reactive ketones (excluding diaryl/α,β-unsaturated/α-hetero) is 1. The number of rotatable bonds is 2. The predicted molar refractivity (Wildman–Crippen MR) is 60.5 cm³/mol. The van der Waals surface area contributed by atoms with Gasteiger partial charge in [0.25, 0.3) is 0 Å². The molecule has 2 unspecified atom stereocenters. The van der Waals surface area contributed by atoms with E-state index in [1.165, 1.54) is 12.8 Å². The average molecular weight is 238 g/mol. The molecule has 1 amide bonds. The van der Waals surface area contributed by atoms with Crippen LogP contribution in [-0.4, -0.2) is 66.4 Å². The molecule has 5 heteroatoms. The zero-order chi connectivity index (χ0) is 11.8. The third-order valence-corrected chi connectivity index (χ3v) is 3.95. The summed E-state index contributed by atoms with van der Waals surface area (Å²) in [6, 6.07) is 0.585. The van der Waals surface area contributed by atoms with E-state index in [1.54, 1.807) is 4.90 Å². The number of ketones is 1. The lowest BCUT2D eigenvalue weighted by Crippen LogP contribution is -2.50. The van der Waals surface area contributed by atoms with E-state index in [1.807, 2.05) is 0 Å². The van der Waals surface area contributed by atoms with E-state index in [4.69, 9.17) is 4.74 Å². The summed E-state index contributed by atoms with van der Waals surface area (Å²) in [6.45, 7) is 3.69. The second-order valence-electron chi connectivity index (χ2n) is 5.24. The zero-order valence-electron chi connectivity index (χ0n) is 9.93. The molecule has 0 saturated carbocycles. The van der Waals surface area contributed by atoms with Crippen LogP contribution in [-0.2, 0) is 14.3 Å². The van der Waals surface area contributed by atoms with Crippen molar-refractivity contribution in [3.63, 3.8) is 0 Å². The summed E-state index contributed by atoms with van der Waals surface area (Å²) in [5, 5.41) is 0. The largest absolute Gasteiger partial charge is 0.373 e. The molecule has 0 aromatic rings. The average Bonchev–Trinajstić information content (AvgIpc) is 2.85. The second-order valence-corrected chi connectivity index (χ2v) is 5.24. The molecule has 5 nitrogen and oxygen atoms in total. The molecule has 2 atom stereocenters. The maximum absolute atomic E-state index is 11.5. The Morgan fingerprint density at radius 2 is 2.24 bits per heavy atom. The molecule has 3 fully saturated rings. The Balaban J connectivity index is 1.55. The smallest absolute Gasteiger partial charge is 0.230 e. The fourth-order valence-corrected chi connectivity index (χ4v) is 3.05. The first kappa shape index (κ1) is 11.2. The number of morpholine rings is 1. The maximum atomic E-state index is 11.5. The molecule has 3 heterocycles. The minimum atomic E-state index is -0.0397. The van der Waals surface area contributed by atoms with Crippen LogP contribution >= 0.6 is 0 Å². The van der Waals surface area contributed by atoms with Crippen molar-refractivity contribution in [2.75, 3.05) is 32.8 Å². The van der Waals surface area contributed by atoms with Crippen molar-refractivity contribution in [3.8, 4) is 0 Å². The van der Waals surface area contributed by atoms with Crippen molar-refractivity contribution in [1.29, 1.82) is 0 Å². The van der Waals surface area contributed by atoms with Gasteiger partial charge in [0.2, 0.25) is 5.91 Å². The monoisotopic (exact) mass is 238 g/mol. The van der Waals surface area contributed by atoms with Gasteiger partial charge in [0, 0.05) is 19.1 Å². The highest BCUT2D eigenvalue weighted by molar-refractivity contribution is 6.05. The number of hydrogen-bond acceptors (Lipinski definition) is 4. The number of carbonyl (C=O) groups excluding carboxylic acids is 2. The van der Waals surface area contributed by atoms with Gasteiger partial charge in [0.15, 0.2) is 5.78 Å². The molecular formula is C12H18N2O3. The Kier molecular flexibility index (Phi) is 2.88. The molecule has 0 spiro atoms. The van der Waals surface area contributed by atoms with E-state index in [9.17, 15) is 9.59 Å². The van der Waals surface area contributed by atoms with E-state index < -0.39 is 0 Å². The van der Waals surface area contributed by atoms with Crippen LogP contribution < -0.4 is 0 Å². The van der Waals surface area contributed by atoms with Gasteiger partial charge in [-0.1, -0.05) is 0 Å². The lowest BCUT2D eigenvalue weighted by atomic mass is 10.2. The van der Waals surface area contributed by atoms with Crippen LogP contribution in [0.2, 0.25) is 0 Å². The Bertz CT molecular complexity index is 345. The van der Waals surface area contributed by atoms with Crippen LogP contribution in [0.5, 0.6) is 0 Å². The van der Waals surface area contributed by atoms with Crippen LogP contribution in [0.1, 0.15) is 19.3 Å². The quantitative estimate of drug-likeness (QED) is 0.617. The van der Waals surface area contributed by atoms with E-state index in [0.717, 1.165) is 19.7 Å². The Hall–Kier alpha value is -0.940. The normalized spacial score (nSPS) is 34.5. The summed E-state index contributed by atoms with van der Waals surface area (Å²) in [6.07, 6.45) is 2.65. The van der Waals surface area contributed by atoms with Gasteiger partial charge in [-0.25, -0.2) is 0 Å². The molecule has 17 heavy (non-hydrogen) atoms. The van der Waals surface area contributed by atoms with Gasteiger partial charge in [-0.15, -0.1) is 0 Å². The number of ether oxygens (including phenoxy) is 1. The van der Waals surface area contributed by atoms with Crippen molar-refractivity contribution in [2.24, 2.45) is 0 Å². The van der Waals surface area contributed by atoms with E-state index in [0.29, 0.717) is 12.6 Å². The summed E-state index contributed by atoms with van der Waals surface area (Å²) in [7, 11) is 0. The van der Waals surface area contributed by atoms with Crippen molar-refractivity contribution < 1.29 is 14.3 Å². The first-order valence-corrected chi connectivity index (χ1v) is 6.37. The van der Waals surface area contributed by atoms with Crippen molar-refractivity contribution >= 4 is 11.7 Å². The summed E-state index contributed by atoms with van der Waals surface area (Å²) in [5.74, 6) is -0.00740. The zero-order valence-corrected chi connectivity index (χ0v) is 9.93. The fraction of sp³-hybridized carbons (Fsp3) is 0.833. The molecule has 3 saturated heterocycles. The molecule has 3 aliphatic heterocycles. The molecule has 0 bridgehead atoms. The minimum Gasteiger partial charge on any atom is -0.373 e. The second kappa shape index (κ2) is 4.38. The highest BCUT2D eigenvalue weighted by Gasteiger charge is 2.35. The minimum absolute atomic E-state index is 0.0323. The SMILES string of the molecule is O=C1CC(=O)N(CC2CN3CCCC3CO2)C1. The molecule has 0 N–H and O–H groups in total. The van der Waals surface area contributed by atoms with Gasteiger partial charge in [0.05, 0.1) is 25.7 Å². The summed E-state index contributed by atoms with van der Waals surface area (Å²) < 4.78 is 5.79. The standard InChI is InChI=1S/C12H18N2O3/c15-10-4-12(16)14(5-10)7-11-6-13-3-1-2-9(13)8-17-11/h9,11H,1-8H2.